The first kappa shape index (κ1) is 35.6. The lowest BCUT2D eigenvalue weighted by Gasteiger charge is -2.33. The van der Waals surface area contributed by atoms with E-state index in [1.807, 2.05) is 36.6 Å². The van der Waals surface area contributed by atoms with Gasteiger partial charge in [-0.3, -0.25) is 10.2 Å². The molecule has 4 aliphatic rings. The Hall–Kier alpha value is -2.75. The predicted molar refractivity (Wildman–Crippen MR) is 196 cm³/mol. The maximum atomic E-state index is 11.9. The first-order chi connectivity index (χ1) is 22.1. The summed E-state index contributed by atoms with van der Waals surface area (Å²) >= 11 is 14.5. The SMILES string of the molecule is CC(C)(C)COc1ccc(C23CCCC2=NNC(=O)C3)cc1Cl.CSC1=NC2(c3ccc(OCC(C)(C)C)c(Cl)c3)CCCC2=NN1. The van der Waals surface area contributed by atoms with Gasteiger partial charge in [0, 0.05) is 17.5 Å². The molecule has 2 aliphatic carbocycles. The molecule has 47 heavy (non-hydrogen) atoms. The van der Waals surface area contributed by atoms with Crippen LogP contribution in [0.5, 0.6) is 11.5 Å². The molecule has 2 aromatic carbocycles. The standard InChI is InChI=1S/C18H24ClN3OS.C18H23ClN2O2/c1-17(2,3)11-23-14-8-7-12(10-13(14)19)18-9-5-6-15(18)21-22-16(20-18)24-4;1-17(2,3)11-23-14-7-6-12(9-13(14)19)18-8-4-5-15(18)20-21-16(22)10-18/h7-8,10H,5-6,9,11H2,1-4H3,(H,20,22);6-7,9H,4-5,8,10-11H2,1-3H3,(H,21,22). The number of amidine groups is 1. The summed E-state index contributed by atoms with van der Waals surface area (Å²) in [5.41, 5.74) is 9.49. The van der Waals surface area contributed by atoms with E-state index in [9.17, 15) is 4.79 Å². The van der Waals surface area contributed by atoms with Crippen molar-refractivity contribution in [1.29, 1.82) is 0 Å². The molecule has 8 nitrogen and oxygen atoms in total. The minimum absolute atomic E-state index is 0.0279. The maximum absolute atomic E-state index is 11.9. The third-order valence-electron chi connectivity index (χ3n) is 8.76. The highest BCUT2D eigenvalue weighted by atomic mass is 35.5. The Balaban J connectivity index is 0.000000185. The molecule has 2 heterocycles. The Morgan fingerprint density at radius 2 is 1.36 bits per heavy atom. The van der Waals surface area contributed by atoms with Crippen LogP contribution in [0, 0.1) is 10.8 Å². The summed E-state index contributed by atoms with van der Waals surface area (Å²) < 4.78 is 11.7. The summed E-state index contributed by atoms with van der Waals surface area (Å²) in [6, 6.07) is 11.9. The van der Waals surface area contributed by atoms with Crippen LogP contribution in [0.25, 0.3) is 0 Å². The predicted octanol–water partition coefficient (Wildman–Crippen LogP) is 8.88. The topological polar surface area (TPSA) is 96.7 Å². The number of carbonyl (C=O) groups excluding carboxylic acids is 1. The minimum Gasteiger partial charge on any atom is -0.491 e. The highest BCUT2D eigenvalue weighted by Gasteiger charge is 2.46. The van der Waals surface area contributed by atoms with Crippen LogP contribution in [0.2, 0.25) is 10.0 Å². The molecule has 6 rings (SSSR count). The Kier molecular flexibility index (Phi) is 10.6. The molecular formula is C36H47Cl2N5O3S. The van der Waals surface area contributed by atoms with Gasteiger partial charge in [-0.1, -0.05) is 88.6 Å². The number of hydrazone groups is 2. The van der Waals surface area contributed by atoms with Gasteiger partial charge in [0.05, 0.1) is 29.0 Å². The average molecular weight is 701 g/mol. The Morgan fingerprint density at radius 1 is 0.809 bits per heavy atom. The molecule has 2 saturated carbocycles. The number of carbonyl (C=O) groups is 1. The number of aliphatic imine (C=N–C) groups is 1. The molecule has 0 bridgehead atoms. The molecule has 0 saturated heterocycles. The molecule has 0 aromatic heterocycles. The van der Waals surface area contributed by atoms with Gasteiger partial charge in [0.1, 0.15) is 17.0 Å². The summed E-state index contributed by atoms with van der Waals surface area (Å²) in [6.07, 6.45) is 8.40. The summed E-state index contributed by atoms with van der Waals surface area (Å²) in [4.78, 5) is 16.8. The number of hydrogen-bond donors (Lipinski definition) is 2. The van der Waals surface area contributed by atoms with Crippen molar-refractivity contribution in [2.45, 2.75) is 97.4 Å². The smallest absolute Gasteiger partial charge is 0.241 e. The number of nitrogens with zero attached hydrogens (tertiary/aromatic N) is 3. The van der Waals surface area contributed by atoms with Gasteiger partial charge in [0.25, 0.3) is 0 Å². The van der Waals surface area contributed by atoms with Gasteiger partial charge < -0.3 is 9.47 Å². The quantitative estimate of drug-likeness (QED) is 0.314. The minimum atomic E-state index is -0.365. The highest BCUT2D eigenvalue weighted by Crippen LogP contribution is 2.46. The molecule has 2 aromatic rings. The zero-order valence-corrected chi connectivity index (χ0v) is 30.9. The lowest BCUT2D eigenvalue weighted by Crippen LogP contribution is -2.42. The Labute approximate surface area is 293 Å². The normalized spacial score (nSPS) is 23.6. The van der Waals surface area contributed by atoms with Crippen molar-refractivity contribution < 1.29 is 14.3 Å². The van der Waals surface area contributed by atoms with E-state index in [1.54, 1.807) is 11.8 Å². The third kappa shape index (κ3) is 8.11. The number of rotatable bonds is 6. The molecule has 1 amide bonds. The Morgan fingerprint density at radius 3 is 1.96 bits per heavy atom. The van der Waals surface area contributed by atoms with E-state index in [0.29, 0.717) is 35.4 Å². The number of benzene rings is 2. The average Bonchev–Trinajstić information content (AvgIpc) is 3.64. The van der Waals surface area contributed by atoms with Gasteiger partial charge in [-0.15, -0.1) is 0 Å². The summed E-state index contributed by atoms with van der Waals surface area (Å²) in [7, 11) is 0. The highest BCUT2D eigenvalue weighted by molar-refractivity contribution is 8.13. The zero-order chi connectivity index (χ0) is 34.0. The number of hydrogen-bond acceptors (Lipinski definition) is 8. The van der Waals surface area contributed by atoms with Crippen LogP contribution >= 0.6 is 35.0 Å². The molecule has 2 fully saturated rings. The van der Waals surface area contributed by atoms with Crippen molar-refractivity contribution in [1.82, 2.24) is 10.9 Å². The number of nitrogens with one attached hydrogen (secondary N) is 2. The van der Waals surface area contributed by atoms with Crippen LogP contribution in [0.3, 0.4) is 0 Å². The molecule has 2 aliphatic heterocycles. The lowest BCUT2D eigenvalue weighted by molar-refractivity contribution is -0.122. The fraction of sp³-hybridized carbons (Fsp3) is 0.556. The van der Waals surface area contributed by atoms with Gasteiger partial charge >= 0.3 is 0 Å². The maximum Gasteiger partial charge on any atom is 0.241 e. The van der Waals surface area contributed by atoms with Crippen LogP contribution in [0.1, 0.15) is 97.6 Å². The molecule has 2 N–H and O–H groups in total. The van der Waals surface area contributed by atoms with Crippen molar-refractivity contribution in [2.24, 2.45) is 26.0 Å². The third-order valence-corrected chi connectivity index (χ3v) is 9.92. The summed E-state index contributed by atoms with van der Waals surface area (Å²) in [5.74, 6) is 1.39. The second-order valence-electron chi connectivity index (χ2n) is 15.2. The van der Waals surface area contributed by atoms with Crippen molar-refractivity contribution in [3.63, 3.8) is 0 Å². The van der Waals surface area contributed by atoms with Crippen LogP contribution in [0.4, 0.5) is 0 Å². The Bertz CT molecular complexity index is 1600. The van der Waals surface area contributed by atoms with E-state index in [1.165, 1.54) is 0 Å². The van der Waals surface area contributed by atoms with Gasteiger partial charge in [0.2, 0.25) is 5.91 Å². The van der Waals surface area contributed by atoms with Crippen LogP contribution in [0.15, 0.2) is 51.6 Å². The molecular weight excluding hydrogens is 653 g/mol. The molecule has 2 unspecified atom stereocenters. The number of thioether (sulfide) groups is 1. The molecule has 254 valence electrons. The van der Waals surface area contributed by atoms with Gasteiger partial charge in [-0.2, -0.15) is 10.2 Å². The van der Waals surface area contributed by atoms with Crippen LogP contribution in [-0.2, 0) is 15.7 Å². The monoisotopic (exact) mass is 699 g/mol. The molecule has 0 spiro atoms. The first-order valence-corrected chi connectivity index (χ1v) is 18.3. The van der Waals surface area contributed by atoms with Crippen LogP contribution in [-0.4, -0.2) is 42.0 Å². The van der Waals surface area contributed by atoms with E-state index < -0.39 is 0 Å². The zero-order valence-electron chi connectivity index (χ0n) is 28.6. The van der Waals surface area contributed by atoms with E-state index in [2.05, 4.69) is 68.7 Å². The number of amides is 1. The largest absolute Gasteiger partial charge is 0.491 e. The summed E-state index contributed by atoms with van der Waals surface area (Å²) in [5, 5.41) is 10.9. The van der Waals surface area contributed by atoms with Crippen molar-refractivity contribution in [3.05, 3.63) is 57.6 Å². The fourth-order valence-electron chi connectivity index (χ4n) is 6.44. The fourth-order valence-corrected chi connectivity index (χ4v) is 7.30. The number of halogens is 2. The van der Waals surface area contributed by atoms with E-state index >= 15 is 0 Å². The molecule has 11 heteroatoms. The molecule has 2 atom stereocenters. The van der Waals surface area contributed by atoms with Crippen molar-refractivity contribution in [3.8, 4) is 11.5 Å². The van der Waals surface area contributed by atoms with E-state index in [4.69, 9.17) is 37.7 Å². The van der Waals surface area contributed by atoms with Gasteiger partial charge in [-0.25, -0.2) is 10.4 Å². The van der Waals surface area contributed by atoms with E-state index in [-0.39, 0.29) is 27.7 Å². The summed E-state index contributed by atoms with van der Waals surface area (Å²) in [6.45, 7) is 14.0. The van der Waals surface area contributed by atoms with Crippen molar-refractivity contribution >= 4 is 57.5 Å². The number of ether oxygens (including phenoxy) is 2. The second kappa shape index (κ2) is 14.0. The van der Waals surface area contributed by atoms with Crippen molar-refractivity contribution in [2.75, 3.05) is 19.5 Å². The lowest BCUT2D eigenvalue weighted by atomic mass is 9.74. The second-order valence-corrected chi connectivity index (χ2v) is 16.8. The molecule has 0 radical (unpaired) electrons. The van der Waals surface area contributed by atoms with Crippen LogP contribution < -0.4 is 20.3 Å². The van der Waals surface area contributed by atoms with Gasteiger partial charge in [-0.05, 0) is 91.0 Å². The van der Waals surface area contributed by atoms with Gasteiger partial charge in [0.15, 0.2) is 5.17 Å². The first-order valence-electron chi connectivity index (χ1n) is 16.3. The van der Waals surface area contributed by atoms with E-state index in [0.717, 1.165) is 72.0 Å². The number of fused-ring (bicyclic) bond motifs is 2.